The number of thioether (sulfide) groups is 1. The third-order valence-electron chi connectivity index (χ3n) is 3.26. The number of carboxylic acids is 3. The normalized spacial score (nSPS) is 13.9. The molecule has 148 valence electrons. The Morgan fingerprint density at radius 1 is 0.846 bits per heavy atom. The Hall–Kier alpha value is -2.34. The zero-order chi connectivity index (χ0) is 20.3. The molecule has 0 radical (unpaired) electrons. The van der Waals surface area contributed by atoms with E-state index in [9.17, 15) is 24.0 Å². The maximum absolute atomic E-state index is 11.8. The Labute approximate surface area is 153 Å². The van der Waals surface area contributed by atoms with Crippen LogP contribution >= 0.6 is 11.8 Å². The largest absolute Gasteiger partial charge is 0.480 e. The van der Waals surface area contributed by atoms with Crippen molar-refractivity contribution in [3.63, 3.8) is 0 Å². The first-order chi connectivity index (χ1) is 12.1. The van der Waals surface area contributed by atoms with Gasteiger partial charge in [-0.1, -0.05) is 0 Å². The lowest BCUT2D eigenvalue weighted by atomic mass is 10.1. The Balaban J connectivity index is 4.48. The van der Waals surface area contributed by atoms with Gasteiger partial charge in [-0.25, -0.2) is 9.59 Å². The van der Waals surface area contributed by atoms with Crippen molar-refractivity contribution in [2.24, 2.45) is 5.73 Å². The predicted molar refractivity (Wildman–Crippen MR) is 91.6 cm³/mol. The lowest BCUT2D eigenvalue weighted by Crippen LogP contribution is -2.45. The van der Waals surface area contributed by atoms with Crippen LogP contribution in [0.25, 0.3) is 0 Å². The summed E-state index contributed by atoms with van der Waals surface area (Å²) in [6.45, 7) is 0. The highest BCUT2D eigenvalue weighted by Gasteiger charge is 2.24. The number of nitrogens with two attached hydrogens (primary N) is 1. The third-order valence-corrected chi connectivity index (χ3v) is 3.93. The number of carbonyl (C=O) groups is 5. The number of hydrogen-bond donors (Lipinski definition) is 6. The molecule has 0 aromatic carbocycles. The van der Waals surface area contributed by atoms with Crippen LogP contribution in [-0.4, -0.2) is 75.2 Å². The molecule has 3 atom stereocenters. The van der Waals surface area contributed by atoms with Crippen molar-refractivity contribution in [3.05, 3.63) is 0 Å². The van der Waals surface area contributed by atoms with Crippen molar-refractivity contribution >= 4 is 41.5 Å². The van der Waals surface area contributed by atoms with E-state index < -0.39 is 47.8 Å². The molecule has 0 aromatic heterocycles. The van der Waals surface area contributed by atoms with Crippen molar-refractivity contribution in [2.75, 3.05) is 12.0 Å². The minimum Gasteiger partial charge on any atom is -0.480 e. The minimum absolute atomic E-state index is 0.157. The standard InChI is InChI=1S/C14H23N3O8S/c1-26-6-9(14(24)25)17-11(19)5-3-8(13(22)23)16-10(18)4-2-7(15)12(20)21/h7-9H,2-6,15H2,1H3,(H,16,18)(H,17,19)(H,20,21)(H,22,23)(H,24,25)/t7-,8-,9-/m0/s1. The first-order valence-corrected chi connectivity index (χ1v) is 8.99. The fourth-order valence-corrected chi connectivity index (χ4v) is 2.38. The van der Waals surface area contributed by atoms with Gasteiger partial charge >= 0.3 is 17.9 Å². The highest BCUT2D eigenvalue weighted by atomic mass is 32.2. The summed E-state index contributed by atoms with van der Waals surface area (Å²) in [7, 11) is 0. The van der Waals surface area contributed by atoms with Gasteiger partial charge in [0, 0.05) is 18.6 Å². The van der Waals surface area contributed by atoms with E-state index in [0.717, 1.165) is 0 Å². The van der Waals surface area contributed by atoms with Gasteiger partial charge in [0.1, 0.15) is 18.1 Å². The highest BCUT2D eigenvalue weighted by molar-refractivity contribution is 7.98. The molecule has 0 fully saturated rings. The van der Waals surface area contributed by atoms with Gasteiger partial charge in [0.2, 0.25) is 11.8 Å². The van der Waals surface area contributed by atoms with Crippen molar-refractivity contribution in [2.45, 2.75) is 43.8 Å². The molecule has 0 unspecified atom stereocenters. The van der Waals surface area contributed by atoms with Gasteiger partial charge in [-0.2, -0.15) is 11.8 Å². The summed E-state index contributed by atoms with van der Waals surface area (Å²) < 4.78 is 0. The molecule has 26 heavy (non-hydrogen) atoms. The lowest BCUT2D eigenvalue weighted by Gasteiger charge is -2.16. The van der Waals surface area contributed by atoms with E-state index in [4.69, 9.17) is 21.1 Å². The van der Waals surface area contributed by atoms with E-state index in [1.807, 2.05) is 0 Å². The number of rotatable bonds is 13. The molecule has 0 saturated carbocycles. The van der Waals surface area contributed by atoms with Gasteiger partial charge in [-0.15, -0.1) is 0 Å². The number of amides is 2. The highest BCUT2D eigenvalue weighted by Crippen LogP contribution is 2.03. The van der Waals surface area contributed by atoms with Crippen LogP contribution in [0.5, 0.6) is 0 Å². The van der Waals surface area contributed by atoms with Gasteiger partial charge < -0.3 is 31.7 Å². The van der Waals surface area contributed by atoms with Gasteiger partial charge in [0.15, 0.2) is 0 Å². The maximum atomic E-state index is 11.8. The van der Waals surface area contributed by atoms with Gasteiger partial charge in [0.25, 0.3) is 0 Å². The molecule has 0 bridgehead atoms. The number of carbonyl (C=O) groups excluding carboxylic acids is 2. The summed E-state index contributed by atoms with van der Waals surface area (Å²) in [6.07, 6.45) is 0.684. The molecule has 0 heterocycles. The molecule has 7 N–H and O–H groups in total. The average molecular weight is 393 g/mol. The number of hydrogen-bond acceptors (Lipinski definition) is 7. The lowest BCUT2D eigenvalue weighted by molar-refractivity contribution is -0.143. The van der Waals surface area contributed by atoms with Gasteiger partial charge in [0.05, 0.1) is 0 Å². The van der Waals surface area contributed by atoms with E-state index >= 15 is 0 Å². The number of nitrogens with one attached hydrogen (secondary N) is 2. The predicted octanol–water partition coefficient (Wildman–Crippen LogP) is -1.54. The molecular formula is C14H23N3O8S. The van der Waals surface area contributed by atoms with Gasteiger partial charge in [-0.05, 0) is 19.1 Å². The maximum Gasteiger partial charge on any atom is 0.327 e. The Bertz CT molecular complexity index is 542. The minimum atomic E-state index is -1.37. The summed E-state index contributed by atoms with van der Waals surface area (Å²) in [6, 6.07) is -3.69. The Morgan fingerprint density at radius 3 is 1.73 bits per heavy atom. The van der Waals surface area contributed by atoms with E-state index in [1.54, 1.807) is 6.26 Å². The van der Waals surface area contributed by atoms with Crippen molar-refractivity contribution in [1.82, 2.24) is 10.6 Å². The molecule has 2 amide bonds. The molecule has 12 heteroatoms. The first kappa shape index (κ1) is 23.7. The van der Waals surface area contributed by atoms with E-state index in [0.29, 0.717) is 0 Å². The van der Waals surface area contributed by atoms with Crippen LogP contribution in [0.1, 0.15) is 25.7 Å². The van der Waals surface area contributed by atoms with E-state index in [-0.39, 0.29) is 31.4 Å². The fraction of sp³-hybridized carbons (Fsp3) is 0.643. The van der Waals surface area contributed by atoms with Crippen LogP contribution in [-0.2, 0) is 24.0 Å². The van der Waals surface area contributed by atoms with Gasteiger partial charge in [-0.3, -0.25) is 14.4 Å². The van der Waals surface area contributed by atoms with Crippen molar-refractivity contribution < 1.29 is 39.3 Å². The molecule has 11 nitrogen and oxygen atoms in total. The summed E-state index contributed by atoms with van der Waals surface area (Å²) >= 11 is 1.23. The molecule has 0 rings (SSSR count). The van der Waals surface area contributed by atoms with Crippen LogP contribution in [0, 0.1) is 0 Å². The van der Waals surface area contributed by atoms with E-state index in [2.05, 4.69) is 10.6 Å². The van der Waals surface area contributed by atoms with Crippen LogP contribution in [0.2, 0.25) is 0 Å². The average Bonchev–Trinajstić information content (AvgIpc) is 2.55. The van der Waals surface area contributed by atoms with Crippen LogP contribution in [0.3, 0.4) is 0 Å². The van der Waals surface area contributed by atoms with Crippen LogP contribution < -0.4 is 16.4 Å². The topological polar surface area (TPSA) is 196 Å². The molecule has 0 aliphatic carbocycles. The quantitative estimate of drug-likeness (QED) is 0.213. The number of carboxylic acid groups (broad SMARTS) is 3. The SMILES string of the molecule is CSC[C@H](NC(=O)CC[C@H](NC(=O)CC[C@H](N)C(=O)O)C(=O)O)C(=O)O. The van der Waals surface area contributed by atoms with Crippen molar-refractivity contribution in [1.29, 1.82) is 0 Å². The third kappa shape index (κ3) is 9.84. The summed E-state index contributed by atoms with van der Waals surface area (Å²) in [5.74, 6) is -5.05. The molecule has 0 saturated heterocycles. The molecular weight excluding hydrogens is 370 g/mol. The summed E-state index contributed by atoms with van der Waals surface area (Å²) in [5.41, 5.74) is 5.25. The molecule has 0 aromatic rings. The molecule has 0 spiro atoms. The van der Waals surface area contributed by atoms with Crippen LogP contribution in [0.4, 0.5) is 0 Å². The summed E-state index contributed by atoms with van der Waals surface area (Å²) in [5, 5.41) is 31.1. The summed E-state index contributed by atoms with van der Waals surface area (Å²) in [4.78, 5) is 56.1. The Kier molecular flexibility index (Phi) is 11.0. The second kappa shape index (κ2) is 12.1. The fourth-order valence-electron chi connectivity index (χ4n) is 1.82. The van der Waals surface area contributed by atoms with Crippen molar-refractivity contribution in [3.8, 4) is 0 Å². The smallest absolute Gasteiger partial charge is 0.327 e. The molecule has 0 aliphatic rings. The zero-order valence-corrected chi connectivity index (χ0v) is 15.0. The van der Waals surface area contributed by atoms with Crippen LogP contribution in [0.15, 0.2) is 0 Å². The second-order valence-electron chi connectivity index (χ2n) is 5.39. The monoisotopic (exact) mass is 393 g/mol. The molecule has 0 aliphatic heterocycles. The Morgan fingerprint density at radius 2 is 1.31 bits per heavy atom. The number of aliphatic carboxylic acids is 3. The zero-order valence-electron chi connectivity index (χ0n) is 14.1. The first-order valence-electron chi connectivity index (χ1n) is 7.60. The second-order valence-corrected chi connectivity index (χ2v) is 6.30. The van der Waals surface area contributed by atoms with E-state index in [1.165, 1.54) is 11.8 Å².